The first-order valence-electron chi connectivity index (χ1n) is 11.1. The Morgan fingerprint density at radius 1 is 1.17 bits per heavy atom. The van der Waals surface area contributed by atoms with E-state index in [1.54, 1.807) is 27.5 Å². The molecule has 1 aromatic carbocycles. The van der Waals surface area contributed by atoms with Gasteiger partial charge in [-0.05, 0) is 43.5 Å². The second-order valence-electron chi connectivity index (χ2n) is 8.08. The van der Waals surface area contributed by atoms with Gasteiger partial charge in [-0.15, -0.1) is 0 Å². The number of aromatic nitrogens is 5. The molecule has 3 aromatic heterocycles. The van der Waals surface area contributed by atoms with Crippen molar-refractivity contribution in [1.82, 2.24) is 24.5 Å². The van der Waals surface area contributed by atoms with Gasteiger partial charge < -0.3 is 24.0 Å². The number of carboxylic acid groups (broad SMARTS) is 1. The number of carboxylic acids is 1. The van der Waals surface area contributed by atoms with Crippen LogP contribution in [0.5, 0.6) is 11.5 Å². The van der Waals surface area contributed by atoms with Crippen molar-refractivity contribution in [2.45, 2.75) is 33.4 Å². The fourth-order valence-electron chi connectivity index (χ4n) is 4.28. The normalized spacial score (nSPS) is 13.1. The molecule has 0 atom stereocenters. The number of rotatable bonds is 7. The van der Waals surface area contributed by atoms with Gasteiger partial charge in [0.05, 0.1) is 26.2 Å². The standard InChI is InChI=1S/C23H25N7O4S/c1-5-29-11-24-19-17(29)20(27-22(26-19)28-23-25-12(2)18(35-23)21(31)32)30-7-6-13-8-15(33-3)16(34-4)9-14(13)10-30/h8-9,11H,5-7,10H2,1-4H3,(H,31,32)(H,25,26,27,28). The van der Waals surface area contributed by atoms with Gasteiger partial charge in [-0.2, -0.15) is 9.97 Å². The summed E-state index contributed by atoms with van der Waals surface area (Å²) in [5.41, 5.74) is 4.21. The molecular weight excluding hydrogens is 470 g/mol. The first kappa shape index (κ1) is 22.8. The summed E-state index contributed by atoms with van der Waals surface area (Å²) < 4.78 is 13.0. The molecule has 0 unspecified atom stereocenters. The van der Waals surface area contributed by atoms with E-state index in [9.17, 15) is 9.90 Å². The molecule has 0 radical (unpaired) electrons. The molecule has 0 amide bonds. The van der Waals surface area contributed by atoms with E-state index in [0.29, 0.717) is 34.7 Å². The zero-order valence-electron chi connectivity index (χ0n) is 19.8. The number of ether oxygens (including phenoxy) is 2. The number of aromatic carboxylic acids is 1. The van der Waals surface area contributed by atoms with Crippen molar-refractivity contribution in [2.75, 3.05) is 31.0 Å². The number of anilines is 3. The molecule has 182 valence electrons. The Kier molecular flexibility index (Phi) is 5.89. The molecule has 12 heteroatoms. The van der Waals surface area contributed by atoms with Crippen molar-refractivity contribution >= 4 is 45.4 Å². The van der Waals surface area contributed by atoms with Gasteiger partial charge in [0.2, 0.25) is 5.95 Å². The van der Waals surface area contributed by atoms with E-state index in [1.807, 2.05) is 23.6 Å². The molecular formula is C23H25N7O4S. The summed E-state index contributed by atoms with van der Waals surface area (Å²) in [6.07, 6.45) is 2.58. The lowest BCUT2D eigenvalue weighted by Gasteiger charge is -2.31. The fourth-order valence-corrected chi connectivity index (χ4v) is 5.08. The Balaban J connectivity index is 1.55. The molecule has 1 aliphatic rings. The molecule has 35 heavy (non-hydrogen) atoms. The number of fused-ring (bicyclic) bond motifs is 2. The number of methoxy groups -OCH3 is 2. The molecule has 0 aliphatic carbocycles. The Bertz CT molecular complexity index is 1430. The molecule has 5 rings (SSSR count). The van der Waals surface area contributed by atoms with Crippen LogP contribution < -0.4 is 19.7 Å². The first-order valence-corrected chi connectivity index (χ1v) is 11.9. The first-order chi connectivity index (χ1) is 16.9. The maximum absolute atomic E-state index is 11.4. The Hall–Kier alpha value is -3.93. The Labute approximate surface area is 205 Å². The minimum atomic E-state index is -1.01. The highest BCUT2D eigenvalue weighted by Crippen LogP contribution is 2.36. The van der Waals surface area contributed by atoms with Crippen LogP contribution in [0, 0.1) is 6.92 Å². The van der Waals surface area contributed by atoms with Crippen LogP contribution in [0.1, 0.15) is 33.4 Å². The van der Waals surface area contributed by atoms with Gasteiger partial charge in [0, 0.05) is 19.6 Å². The lowest BCUT2D eigenvalue weighted by molar-refractivity contribution is 0.0701. The summed E-state index contributed by atoms with van der Waals surface area (Å²) in [5.74, 6) is 1.47. The van der Waals surface area contributed by atoms with E-state index in [1.165, 1.54) is 5.56 Å². The number of carbonyl (C=O) groups is 1. The highest BCUT2D eigenvalue weighted by Gasteiger charge is 2.25. The highest BCUT2D eigenvalue weighted by atomic mass is 32.1. The lowest BCUT2D eigenvalue weighted by Crippen LogP contribution is -2.31. The molecule has 11 nitrogen and oxygen atoms in total. The topological polar surface area (TPSA) is 128 Å². The van der Waals surface area contributed by atoms with Crippen molar-refractivity contribution in [1.29, 1.82) is 0 Å². The summed E-state index contributed by atoms with van der Waals surface area (Å²) in [6, 6.07) is 4.05. The fraction of sp³-hybridized carbons (Fsp3) is 0.348. The predicted molar refractivity (Wildman–Crippen MR) is 132 cm³/mol. The van der Waals surface area contributed by atoms with Crippen LogP contribution in [-0.4, -0.2) is 56.3 Å². The number of thiazole rings is 1. The number of nitrogens with one attached hydrogen (secondary N) is 1. The summed E-state index contributed by atoms with van der Waals surface area (Å²) in [5, 5.41) is 12.9. The van der Waals surface area contributed by atoms with Crippen LogP contribution >= 0.6 is 11.3 Å². The maximum Gasteiger partial charge on any atom is 0.347 e. The molecule has 0 fully saturated rings. The van der Waals surface area contributed by atoms with Crippen molar-refractivity contribution in [3.8, 4) is 11.5 Å². The lowest BCUT2D eigenvalue weighted by atomic mass is 9.98. The largest absolute Gasteiger partial charge is 0.493 e. The number of hydrogen-bond acceptors (Lipinski definition) is 10. The van der Waals surface area contributed by atoms with Gasteiger partial charge in [-0.3, -0.25) is 5.32 Å². The van der Waals surface area contributed by atoms with Crippen molar-refractivity contribution in [2.24, 2.45) is 0 Å². The monoisotopic (exact) mass is 495 g/mol. The van der Waals surface area contributed by atoms with Crippen LogP contribution in [0.4, 0.5) is 16.9 Å². The molecule has 0 spiro atoms. The SMILES string of the molecule is CCn1cnc2nc(Nc3nc(C)c(C(=O)O)s3)nc(N3CCc4cc(OC)c(OC)cc4C3)c21. The minimum absolute atomic E-state index is 0.182. The zero-order chi connectivity index (χ0) is 24.7. The average molecular weight is 496 g/mol. The van der Waals surface area contributed by atoms with Gasteiger partial charge in [-0.1, -0.05) is 11.3 Å². The van der Waals surface area contributed by atoms with Crippen molar-refractivity contribution in [3.63, 3.8) is 0 Å². The molecule has 4 aromatic rings. The second kappa shape index (κ2) is 9.02. The third-order valence-corrected chi connectivity index (χ3v) is 7.08. The maximum atomic E-state index is 11.4. The number of nitrogens with zero attached hydrogens (tertiary/aromatic N) is 6. The highest BCUT2D eigenvalue weighted by molar-refractivity contribution is 7.17. The van der Waals surface area contributed by atoms with Crippen LogP contribution in [0.2, 0.25) is 0 Å². The smallest absolute Gasteiger partial charge is 0.347 e. The van der Waals surface area contributed by atoms with Crippen LogP contribution in [-0.2, 0) is 19.5 Å². The molecule has 4 heterocycles. The molecule has 1 aliphatic heterocycles. The Morgan fingerprint density at radius 2 is 1.91 bits per heavy atom. The van der Waals surface area contributed by atoms with Crippen LogP contribution in [0.25, 0.3) is 11.2 Å². The minimum Gasteiger partial charge on any atom is -0.493 e. The second-order valence-corrected chi connectivity index (χ2v) is 9.08. The molecule has 0 bridgehead atoms. The van der Waals surface area contributed by atoms with E-state index in [2.05, 4.69) is 25.2 Å². The number of imidazole rings is 1. The average Bonchev–Trinajstić information content (AvgIpc) is 3.44. The third kappa shape index (κ3) is 4.09. The quantitative estimate of drug-likeness (QED) is 0.392. The van der Waals surface area contributed by atoms with E-state index >= 15 is 0 Å². The van der Waals surface area contributed by atoms with Crippen LogP contribution in [0.3, 0.4) is 0 Å². The molecule has 0 saturated heterocycles. The van der Waals surface area contributed by atoms with Gasteiger partial charge in [-0.25, -0.2) is 14.8 Å². The summed E-state index contributed by atoms with van der Waals surface area (Å²) in [7, 11) is 3.27. The summed E-state index contributed by atoms with van der Waals surface area (Å²) >= 11 is 1.05. The van der Waals surface area contributed by atoms with Crippen molar-refractivity contribution < 1.29 is 19.4 Å². The number of benzene rings is 1. The van der Waals surface area contributed by atoms with E-state index in [4.69, 9.17) is 14.5 Å². The van der Waals surface area contributed by atoms with E-state index in [0.717, 1.165) is 53.5 Å². The summed E-state index contributed by atoms with van der Waals surface area (Å²) in [6.45, 7) is 5.82. The van der Waals surface area contributed by atoms with Gasteiger partial charge in [0.15, 0.2) is 28.1 Å². The van der Waals surface area contributed by atoms with Gasteiger partial charge in [0.25, 0.3) is 0 Å². The van der Waals surface area contributed by atoms with Crippen LogP contribution in [0.15, 0.2) is 18.5 Å². The number of hydrogen-bond donors (Lipinski definition) is 2. The predicted octanol–water partition coefficient (Wildman–Crippen LogP) is 3.63. The van der Waals surface area contributed by atoms with E-state index < -0.39 is 5.97 Å². The van der Waals surface area contributed by atoms with E-state index in [-0.39, 0.29) is 4.88 Å². The summed E-state index contributed by atoms with van der Waals surface area (Å²) in [4.78, 5) is 32.0. The number of aryl methyl sites for hydroxylation is 2. The molecule has 0 saturated carbocycles. The van der Waals surface area contributed by atoms with Gasteiger partial charge in [0.1, 0.15) is 10.4 Å². The molecule has 2 N–H and O–H groups in total. The Morgan fingerprint density at radius 3 is 2.57 bits per heavy atom. The van der Waals surface area contributed by atoms with Crippen molar-refractivity contribution in [3.05, 3.63) is 40.2 Å². The zero-order valence-corrected chi connectivity index (χ0v) is 20.6. The van der Waals surface area contributed by atoms with Gasteiger partial charge >= 0.3 is 5.97 Å². The third-order valence-electron chi connectivity index (χ3n) is 6.02.